The Labute approximate surface area is 186 Å². The van der Waals surface area contributed by atoms with Gasteiger partial charge in [-0.1, -0.05) is 70.7 Å². The van der Waals surface area contributed by atoms with Crippen LogP contribution in [0, 0.1) is 0 Å². The molecule has 10 heteroatoms. The molecule has 0 spiro atoms. The molecule has 0 aliphatic rings. The number of halogens is 4. The van der Waals surface area contributed by atoms with Crippen LogP contribution in [-0.2, 0) is 14.9 Å². The summed E-state index contributed by atoms with van der Waals surface area (Å²) in [5.41, 5.74) is -0.719. The molecule has 0 radical (unpaired) electrons. The summed E-state index contributed by atoms with van der Waals surface area (Å²) in [6.07, 6.45) is 0. The van der Waals surface area contributed by atoms with Gasteiger partial charge in [0.15, 0.2) is 4.75 Å². The van der Waals surface area contributed by atoms with Crippen molar-refractivity contribution >= 4 is 56.5 Å². The SMILES string of the molecule is O=S(=O)(O)C(c1cccc(O)c1)(c1ccc(Cl)c(Cl)c1O)c1c(Cl)cccc1Cl. The van der Waals surface area contributed by atoms with Crippen LogP contribution in [0.2, 0.25) is 20.1 Å². The van der Waals surface area contributed by atoms with Crippen molar-refractivity contribution in [3.8, 4) is 11.5 Å². The first kappa shape index (κ1) is 22.0. The van der Waals surface area contributed by atoms with Gasteiger partial charge >= 0.3 is 0 Å². The van der Waals surface area contributed by atoms with Crippen LogP contribution in [0.15, 0.2) is 54.6 Å². The van der Waals surface area contributed by atoms with Crippen LogP contribution in [0.3, 0.4) is 0 Å². The maximum absolute atomic E-state index is 13.0. The second-order valence-electron chi connectivity index (χ2n) is 6.06. The summed E-state index contributed by atoms with van der Waals surface area (Å²) in [4.78, 5) is 0. The largest absolute Gasteiger partial charge is 0.508 e. The van der Waals surface area contributed by atoms with Gasteiger partial charge in [-0.25, -0.2) is 0 Å². The summed E-state index contributed by atoms with van der Waals surface area (Å²) >= 11 is 24.6. The highest BCUT2D eigenvalue weighted by Gasteiger charge is 2.52. The predicted molar refractivity (Wildman–Crippen MR) is 114 cm³/mol. The molecule has 3 N–H and O–H groups in total. The molecule has 0 aliphatic carbocycles. The number of hydrogen-bond donors (Lipinski definition) is 3. The van der Waals surface area contributed by atoms with Crippen LogP contribution in [0.25, 0.3) is 0 Å². The predicted octanol–water partition coefficient (Wildman–Crippen LogP) is 5.89. The molecular weight excluding hydrogens is 482 g/mol. The van der Waals surface area contributed by atoms with E-state index in [9.17, 15) is 23.2 Å². The zero-order chi connectivity index (χ0) is 21.6. The molecule has 29 heavy (non-hydrogen) atoms. The molecule has 3 aromatic carbocycles. The maximum Gasteiger partial charge on any atom is 0.283 e. The van der Waals surface area contributed by atoms with Gasteiger partial charge in [-0.05, 0) is 35.9 Å². The topological polar surface area (TPSA) is 94.8 Å². The van der Waals surface area contributed by atoms with Gasteiger partial charge in [0, 0.05) is 21.2 Å². The van der Waals surface area contributed by atoms with E-state index < -0.39 is 20.6 Å². The Hall–Kier alpha value is -1.67. The number of rotatable bonds is 4. The van der Waals surface area contributed by atoms with E-state index in [0.29, 0.717) is 0 Å². The third-order valence-corrected chi connectivity index (χ3v) is 7.26. The van der Waals surface area contributed by atoms with Crippen LogP contribution in [0.5, 0.6) is 11.5 Å². The Kier molecular flexibility index (Phi) is 5.98. The van der Waals surface area contributed by atoms with Crippen LogP contribution in [0.1, 0.15) is 16.7 Å². The first-order valence-electron chi connectivity index (χ1n) is 7.90. The molecule has 5 nitrogen and oxygen atoms in total. The lowest BCUT2D eigenvalue weighted by atomic mass is 9.83. The quantitative estimate of drug-likeness (QED) is 0.311. The van der Waals surface area contributed by atoms with Crippen molar-refractivity contribution in [1.82, 2.24) is 0 Å². The van der Waals surface area contributed by atoms with Crippen molar-refractivity contribution in [2.24, 2.45) is 0 Å². The second kappa shape index (κ2) is 7.87. The lowest BCUT2D eigenvalue weighted by Crippen LogP contribution is -2.39. The Morgan fingerprint density at radius 3 is 1.93 bits per heavy atom. The molecule has 1 unspecified atom stereocenters. The maximum atomic E-state index is 13.0. The van der Waals surface area contributed by atoms with E-state index >= 15 is 0 Å². The van der Waals surface area contributed by atoms with Crippen molar-refractivity contribution in [1.29, 1.82) is 0 Å². The van der Waals surface area contributed by atoms with E-state index in [0.717, 1.165) is 6.07 Å². The zero-order valence-corrected chi connectivity index (χ0v) is 18.1. The van der Waals surface area contributed by atoms with Crippen LogP contribution >= 0.6 is 46.4 Å². The fraction of sp³-hybridized carbons (Fsp3) is 0.0526. The molecule has 0 fully saturated rings. The van der Waals surface area contributed by atoms with Crippen molar-refractivity contribution in [3.63, 3.8) is 0 Å². The fourth-order valence-corrected chi connectivity index (χ4v) is 5.69. The summed E-state index contributed by atoms with van der Waals surface area (Å²) in [6.45, 7) is 0. The van der Waals surface area contributed by atoms with Crippen molar-refractivity contribution in [3.05, 3.63) is 91.4 Å². The molecule has 0 saturated carbocycles. The fourth-order valence-electron chi connectivity index (χ4n) is 3.23. The van der Waals surface area contributed by atoms with E-state index in [-0.39, 0.29) is 42.5 Å². The minimum Gasteiger partial charge on any atom is -0.508 e. The Balaban J connectivity index is 2.66. The molecule has 0 aliphatic heterocycles. The molecular formula is C19H12Cl4O5S. The molecule has 0 aromatic heterocycles. The van der Waals surface area contributed by atoms with Crippen LogP contribution < -0.4 is 0 Å². The highest BCUT2D eigenvalue weighted by atomic mass is 35.5. The Morgan fingerprint density at radius 2 is 1.38 bits per heavy atom. The van der Waals surface area contributed by atoms with Gasteiger partial charge in [-0.15, -0.1) is 0 Å². The lowest BCUT2D eigenvalue weighted by molar-refractivity contribution is 0.439. The third-order valence-electron chi connectivity index (χ3n) is 4.40. The first-order chi connectivity index (χ1) is 13.5. The highest BCUT2D eigenvalue weighted by Crippen LogP contribution is 2.53. The Morgan fingerprint density at radius 1 is 0.793 bits per heavy atom. The Bertz CT molecular complexity index is 1190. The van der Waals surface area contributed by atoms with E-state index in [1.807, 2.05) is 0 Å². The molecule has 0 saturated heterocycles. The van der Waals surface area contributed by atoms with Gasteiger partial charge in [-0.3, -0.25) is 4.55 Å². The van der Waals surface area contributed by atoms with Gasteiger partial charge in [0.05, 0.1) is 5.02 Å². The number of hydrogen-bond acceptors (Lipinski definition) is 4. The smallest absolute Gasteiger partial charge is 0.283 e. The average molecular weight is 494 g/mol. The summed E-state index contributed by atoms with van der Waals surface area (Å²) in [6, 6.07) is 11.8. The second-order valence-corrected chi connectivity index (χ2v) is 9.22. The van der Waals surface area contributed by atoms with Crippen LogP contribution in [-0.4, -0.2) is 23.2 Å². The van der Waals surface area contributed by atoms with Gasteiger partial charge in [0.2, 0.25) is 0 Å². The van der Waals surface area contributed by atoms with E-state index in [4.69, 9.17) is 46.4 Å². The lowest BCUT2D eigenvalue weighted by Gasteiger charge is -2.34. The molecule has 0 bridgehead atoms. The monoisotopic (exact) mass is 492 g/mol. The van der Waals surface area contributed by atoms with Gasteiger partial charge in [-0.2, -0.15) is 8.42 Å². The zero-order valence-electron chi connectivity index (χ0n) is 14.3. The molecule has 152 valence electrons. The van der Waals surface area contributed by atoms with Gasteiger partial charge in [0.1, 0.15) is 16.5 Å². The minimum atomic E-state index is -5.14. The van der Waals surface area contributed by atoms with Crippen molar-refractivity contribution in [2.75, 3.05) is 0 Å². The average Bonchev–Trinajstić information content (AvgIpc) is 2.63. The first-order valence-corrected chi connectivity index (χ1v) is 10.9. The number of phenols is 2. The number of aromatic hydroxyl groups is 2. The minimum absolute atomic E-state index is 0.0432. The summed E-state index contributed by atoms with van der Waals surface area (Å²) in [7, 11) is -5.14. The molecule has 3 aromatic rings. The third kappa shape index (κ3) is 3.54. The standard InChI is InChI=1S/C19H12Cl4O5S/c20-13-5-2-6-14(21)16(13)19(29(26,27)28,10-3-1-4-11(24)9-10)12-7-8-15(22)17(23)18(12)25/h1-9,24-25H,(H,26,27,28). The van der Waals surface area contributed by atoms with E-state index in [2.05, 4.69) is 0 Å². The van der Waals surface area contributed by atoms with Crippen LogP contribution in [0.4, 0.5) is 0 Å². The van der Waals surface area contributed by atoms with Gasteiger partial charge < -0.3 is 10.2 Å². The van der Waals surface area contributed by atoms with E-state index in [1.165, 1.54) is 48.5 Å². The molecule has 1 atom stereocenters. The highest BCUT2D eigenvalue weighted by molar-refractivity contribution is 7.87. The normalized spacial score (nSPS) is 13.8. The number of phenolic OH excluding ortho intramolecular Hbond substituents is 2. The summed E-state index contributed by atoms with van der Waals surface area (Å²) in [5, 5.41) is 20.1. The van der Waals surface area contributed by atoms with Crippen molar-refractivity contribution in [2.45, 2.75) is 4.75 Å². The molecule has 0 heterocycles. The number of benzene rings is 3. The van der Waals surface area contributed by atoms with E-state index in [1.54, 1.807) is 0 Å². The van der Waals surface area contributed by atoms with Gasteiger partial charge in [0.25, 0.3) is 10.1 Å². The summed E-state index contributed by atoms with van der Waals surface area (Å²) in [5.74, 6) is -0.991. The molecule has 3 rings (SSSR count). The molecule has 0 amide bonds. The van der Waals surface area contributed by atoms with Crippen molar-refractivity contribution < 1.29 is 23.2 Å². The summed E-state index contributed by atoms with van der Waals surface area (Å²) < 4.78 is 33.9.